The van der Waals surface area contributed by atoms with Crippen LogP contribution in [-0.4, -0.2) is 23.5 Å². The van der Waals surface area contributed by atoms with Gasteiger partial charge in [0.15, 0.2) is 11.9 Å². The first-order valence-electron chi connectivity index (χ1n) is 15.2. The molecule has 1 saturated heterocycles. The van der Waals surface area contributed by atoms with E-state index in [1.165, 1.54) is 44.1 Å². The van der Waals surface area contributed by atoms with Gasteiger partial charge in [-0.3, -0.25) is 4.79 Å². The van der Waals surface area contributed by atoms with Crippen molar-refractivity contribution >= 4 is 11.8 Å². The summed E-state index contributed by atoms with van der Waals surface area (Å²) < 4.78 is 12.8. The molecule has 3 saturated carbocycles. The molecule has 4 heteroatoms. The van der Waals surface area contributed by atoms with Crippen LogP contribution in [0.5, 0.6) is 5.75 Å². The number of ether oxygens (including phenoxy) is 2. The molecule has 1 aromatic carbocycles. The maximum absolute atomic E-state index is 13.4. The van der Waals surface area contributed by atoms with Crippen LogP contribution in [0.3, 0.4) is 0 Å². The fourth-order valence-electron chi connectivity index (χ4n) is 9.95. The van der Waals surface area contributed by atoms with E-state index in [1.54, 1.807) is 0 Å². The highest BCUT2D eigenvalue weighted by Gasteiger charge is 2.71. The van der Waals surface area contributed by atoms with Gasteiger partial charge < -0.3 is 9.47 Å². The third kappa shape index (κ3) is 4.08. The zero-order valence-electron chi connectivity index (χ0n) is 22.8. The van der Waals surface area contributed by atoms with Crippen LogP contribution in [-0.2, 0) is 14.3 Å². The van der Waals surface area contributed by atoms with Gasteiger partial charge in [0.25, 0.3) is 0 Å². The number of unbranched alkanes of at least 4 members (excludes halogenated alkanes) is 2. The predicted octanol–water partition coefficient (Wildman–Crippen LogP) is 7.46. The average molecular weight is 505 g/mol. The zero-order chi connectivity index (χ0) is 25.6. The van der Waals surface area contributed by atoms with Crippen LogP contribution in [0.4, 0.5) is 0 Å². The quantitative estimate of drug-likeness (QED) is 0.286. The molecule has 1 aromatic rings. The Morgan fingerprint density at radius 1 is 0.973 bits per heavy atom. The maximum atomic E-state index is 13.4. The summed E-state index contributed by atoms with van der Waals surface area (Å²) in [6.45, 7) is 4.64. The fraction of sp³-hybridized carbons (Fsp3) is 0.697. The van der Waals surface area contributed by atoms with E-state index in [-0.39, 0.29) is 11.4 Å². The lowest BCUT2D eigenvalue weighted by Gasteiger charge is -2.57. The maximum Gasteiger partial charge on any atom is 0.348 e. The molecular formula is C33H44O4. The van der Waals surface area contributed by atoms with E-state index in [9.17, 15) is 9.59 Å². The molecule has 5 aliphatic rings. The van der Waals surface area contributed by atoms with Crippen molar-refractivity contribution in [2.45, 2.75) is 109 Å². The molecule has 0 N–H and O–H groups in total. The van der Waals surface area contributed by atoms with Gasteiger partial charge in [-0.25, -0.2) is 4.79 Å². The Morgan fingerprint density at radius 2 is 1.81 bits per heavy atom. The molecule has 1 heterocycles. The first-order chi connectivity index (χ1) is 18.0. The minimum atomic E-state index is -0.510. The van der Waals surface area contributed by atoms with Crippen LogP contribution in [0.25, 0.3) is 0 Å². The second-order valence-electron chi connectivity index (χ2n) is 12.8. The van der Waals surface area contributed by atoms with E-state index in [1.807, 2.05) is 36.4 Å². The molecule has 1 spiro atoms. The molecule has 5 unspecified atom stereocenters. The second kappa shape index (κ2) is 9.89. The molecule has 0 radical (unpaired) electrons. The third-order valence-corrected chi connectivity index (χ3v) is 11.3. The number of fused-ring (bicyclic) bond motifs is 6. The first-order valence-corrected chi connectivity index (χ1v) is 15.2. The van der Waals surface area contributed by atoms with Gasteiger partial charge in [0.2, 0.25) is 0 Å². The Balaban J connectivity index is 1.33. The number of esters is 1. The molecule has 200 valence electrons. The van der Waals surface area contributed by atoms with E-state index < -0.39 is 11.7 Å². The molecular weight excluding hydrogens is 460 g/mol. The highest BCUT2D eigenvalue weighted by Crippen LogP contribution is 2.71. The van der Waals surface area contributed by atoms with Gasteiger partial charge in [-0.2, -0.15) is 0 Å². The molecule has 0 amide bonds. The largest absolute Gasteiger partial charge is 0.479 e. The van der Waals surface area contributed by atoms with Crippen LogP contribution < -0.4 is 4.74 Å². The summed E-state index contributed by atoms with van der Waals surface area (Å²) in [5.74, 6) is 4.11. The van der Waals surface area contributed by atoms with Gasteiger partial charge in [0.1, 0.15) is 11.4 Å². The van der Waals surface area contributed by atoms with Gasteiger partial charge in [-0.05, 0) is 92.7 Å². The van der Waals surface area contributed by atoms with Crippen LogP contribution in [0.1, 0.15) is 97.3 Å². The van der Waals surface area contributed by atoms with E-state index in [0.717, 1.165) is 44.3 Å². The van der Waals surface area contributed by atoms with E-state index in [4.69, 9.17) is 9.47 Å². The SMILES string of the molecule is CCCCCC1C[C@@]2(C[C@H](Oc3ccccc3)C(=O)O2)[C@@]2(CC)CCC3C4CCC(=O)C=C4CCC3C12. The number of hydrogen-bond acceptors (Lipinski definition) is 4. The Hall–Kier alpha value is -2.10. The summed E-state index contributed by atoms with van der Waals surface area (Å²) >= 11 is 0. The number of allylic oxidation sites excluding steroid dienone is 1. The third-order valence-electron chi connectivity index (χ3n) is 11.3. The van der Waals surface area contributed by atoms with E-state index >= 15 is 0 Å². The molecule has 1 aliphatic heterocycles. The number of rotatable bonds is 7. The molecule has 6 rings (SSSR count). The van der Waals surface area contributed by atoms with E-state index in [2.05, 4.69) is 13.8 Å². The summed E-state index contributed by atoms with van der Waals surface area (Å²) in [6, 6.07) is 9.76. The predicted molar refractivity (Wildman–Crippen MR) is 144 cm³/mol. The summed E-state index contributed by atoms with van der Waals surface area (Å²) in [7, 11) is 0. The average Bonchev–Trinajstić information content (AvgIpc) is 3.37. The Bertz CT molecular complexity index is 1050. The molecule has 0 aromatic heterocycles. The summed E-state index contributed by atoms with van der Waals surface area (Å²) in [4.78, 5) is 25.5. The number of hydrogen-bond donors (Lipinski definition) is 0. The van der Waals surface area contributed by atoms with Gasteiger partial charge in [-0.1, -0.05) is 63.3 Å². The lowest BCUT2D eigenvalue weighted by molar-refractivity contribution is -0.171. The Kier molecular flexibility index (Phi) is 6.74. The van der Waals surface area contributed by atoms with Crippen molar-refractivity contribution in [2.75, 3.05) is 0 Å². The number of carbonyl (C=O) groups excluding carboxylic acids is 2. The first kappa shape index (κ1) is 25.2. The molecule has 8 atom stereocenters. The second-order valence-corrected chi connectivity index (χ2v) is 12.8. The molecule has 4 aliphatic carbocycles. The normalized spacial score (nSPS) is 40.5. The lowest BCUT2D eigenvalue weighted by Crippen LogP contribution is -2.54. The van der Waals surface area contributed by atoms with Crippen LogP contribution in [0.2, 0.25) is 0 Å². The van der Waals surface area contributed by atoms with Crippen molar-refractivity contribution in [3.8, 4) is 5.75 Å². The summed E-state index contributed by atoms with van der Waals surface area (Å²) in [6.07, 6.45) is 15.7. The lowest BCUT2D eigenvalue weighted by atomic mass is 9.48. The van der Waals surface area contributed by atoms with Crippen molar-refractivity contribution in [1.82, 2.24) is 0 Å². The topological polar surface area (TPSA) is 52.6 Å². The van der Waals surface area contributed by atoms with Crippen LogP contribution in [0.15, 0.2) is 42.0 Å². The van der Waals surface area contributed by atoms with Crippen LogP contribution in [0, 0.1) is 35.0 Å². The highest BCUT2D eigenvalue weighted by atomic mass is 16.6. The standard InChI is InChI=1S/C33H44O4/c1-3-5-7-10-23-20-33(21-29(31(35)37-33)36-25-11-8-6-9-12-25)32(4-2)18-17-27-26-16-14-24(34)19-22(26)13-15-28(27)30(23)32/h6,8-9,11-12,19,23,26-30H,3-5,7,10,13-18,20-21H2,1-2H3/t23?,26?,27?,28?,29-,30?,32-,33+/m0/s1. The van der Waals surface area contributed by atoms with Crippen LogP contribution >= 0.6 is 0 Å². The van der Waals surface area contributed by atoms with Crippen molar-refractivity contribution in [1.29, 1.82) is 0 Å². The number of para-hydroxylation sites is 1. The number of carbonyl (C=O) groups is 2. The fourth-order valence-corrected chi connectivity index (χ4v) is 9.95. The minimum absolute atomic E-state index is 0.0429. The molecule has 0 bridgehead atoms. The van der Waals surface area contributed by atoms with Gasteiger partial charge in [0, 0.05) is 18.3 Å². The Labute approximate surface area is 222 Å². The summed E-state index contributed by atoms with van der Waals surface area (Å²) in [5.41, 5.74) is 1.09. The van der Waals surface area contributed by atoms with E-state index in [0.29, 0.717) is 41.8 Å². The summed E-state index contributed by atoms with van der Waals surface area (Å²) in [5, 5.41) is 0. The molecule has 37 heavy (non-hydrogen) atoms. The molecule has 4 fully saturated rings. The van der Waals surface area contributed by atoms with Crippen molar-refractivity contribution in [3.05, 3.63) is 42.0 Å². The highest BCUT2D eigenvalue weighted by molar-refractivity contribution is 5.91. The van der Waals surface area contributed by atoms with Gasteiger partial charge in [-0.15, -0.1) is 0 Å². The van der Waals surface area contributed by atoms with Crippen molar-refractivity contribution in [3.63, 3.8) is 0 Å². The number of benzene rings is 1. The van der Waals surface area contributed by atoms with Gasteiger partial charge in [0.05, 0.1) is 0 Å². The zero-order valence-corrected chi connectivity index (χ0v) is 22.8. The number of ketones is 1. The van der Waals surface area contributed by atoms with Crippen molar-refractivity contribution in [2.24, 2.45) is 35.0 Å². The smallest absolute Gasteiger partial charge is 0.348 e. The molecule has 4 nitrogen and oxygen atoms in total. The van der Waals surface area contributed by atoms with Gasteiger partial charge >= 0.3 is 5.97 Å². The van der Waals surface area contributed by atoms with Crippen molar-refractivity contribution < 1.29 is 19.1 Å². The Morgan fingerprint density at radius 3 is 2.59 bits per heavy atom. The minimum Gasteiger partial charge on any atom is -0.479 e. The monoisotopic (exact) mass is 504 g/mol.